The summed E-state index contributed by atoms with van der Waals surface area (Å²) >= 11 is 0. The molecule has 5 nitrogen and oxygen atoms in total. The van der Waals surface area contributed by atoms with Crippen LogP contribution in [-0.2, 0) is 32.3 Å². The maximum absolute atomic E-state index is 12.4. The third-order valence-corrected chi connectivity index (χ3v) is 7.64. The molecule has 1 aliphatic rings. The van der Waals surface area contributed by atoms with Crippen molar-refractivity contribution < 1.29 is 24.2 Å². The molecule has 0 bridgehead atoms. The molecule has 0 heterocycles. The molecule has 39 heavy (non-hydrogen) atoms. The van der Waals surface area contributed by atoms with Gasteiger partial charge in [-0.2, -0.15) is 0 Å². The van der Waals surface area contributed by atoms with Gasteiger partial charge in [0.05, 0.1) is 18.8 Å². The lowest BCUT2D eigenvalue weighted by atomic mass is 9.87. The van der Waals surface area contributed by atoms with Crippen molar-refractivity contribution in [3.63, 3.8) is 0 Å². The van der Waals surface area contributed by atoms with E-state index in [0.29, 0.717) is 32.5 Å². The Bertz CT molecular complexity index is 987. The molecule has 0 unspecified atom stereocenters. The van der Waals surface area contributed by atoms with Gasteiger partial charge in [-0.15, -0.1) is 0 Å². The van der Waals surface area contributed by atoms with Crippen molar-refractivity contribution in [2.24, 2.45) is 11.8 Å². The Morgan fingerprint density at radius 2 is 1.49 bits per heavy atom. The van der Waals surface area contributed by atoms with E-state index in [1.165, 1.54) is 0 Å². The molecule has 0 radical (unpaired) electrons. The smallest absolute Gasteiger partial charge is 0.306 e. The summed E-state index contributed by atoms with van der Waals surface area (Å²) in [7, 11) is 0. The first-order valence-electron chi connectivity index (χ1n) is 14.8. The Kier molecular flexibility index (Phi) is 14.0. The van der Waals surface area contributed by atoms with Crippen LogP contribution in [0.4, 0.5) is 0 Å². The van der Waals surface area contributed by atoms with Crippen molar-refractivity contribution in [1.82, 2.24) is 0 Å². The molecule has 5 heteroatoms. The zero-order valence-electron chi connectivity index (χ0n) is 23.5. The average molecular weight is 535 g/mol. The van der Waals surface area contributed by atoms with Gasteiger partial charge >= 0.3 is 5.97 Å². The van der Waals surface area contributed by atoms with Crippen LogP contribution in [0.15, 0.2) is 72.8 Å². The van der Waals surface area contributed by atoms with Crippen molar-refractivity contribution in [3.05, 3.63) is 83.9 Å². The molecule has 0 saturated heterocycles. The molecule has 2 aromatic carbocycles. The van der Waals surface area contributed by atoms with Gasteiger partial charge in [-0.25, -0.2) is 0 Å². The van der Waals surface area contributed by atoms with Crippen LogP contribution in [0.25, 0.3) is 0 Å². The van der Waals surface area contributed by atoms with Crippen LogP contribution < -0.4 is 0 Å². The number of carbonyl (C=O) groups excluding carboxylic acids is 2. The minimum absolute atomic E-state index is 0.0202. The maximum atomic E-state index is 12.4. The fraction of sp³-hybridized carbons (Fsp3) is 0.529. The molecule has 0 aromatic heterocycles. The number of hydrogen-bond donors (Lipinski definition) is 1. The van der Waals surface area contributed by atoms with E-state index in [0.717, 1.165) is 62.5 Å². The molecule has 1 saturated carbocycles. The summed E-state index contributed by atoms with van der Waals surface area (Å²) < 4.78 is 11.7. The number of aliphatic hydroxyl groups is 1. The third-order valence-electron chi connectivity index (χ3n) is 7.64. The largest absolute Gasteiger partial charge is 0.461 e. The zero-order chi connectivity index (χ0) is 27.7. The molecule has 1 aliphatic carbocycles. The number of unbranched alkanes of at least 4 members (excludes halogenated alkanes) is 5. The van der Waals surface area contributed by atoms with E-state index in [9.17, 15) is 14.7 Å². The first-order valence-corrected chi connectivity index (χ1v) is 14.8. The molecular weight excluding hydrogens is 488 g/mol. The summed E-state index contributed by atoms with van der Waals surface area (Å²) in [6.45, 7) is 2.96. The highest BCUT2D eigenvalue weighted by molar-refractivity contribution is 5.89. The molecule has 4 atom stereocenters. The third kappa shape index (κ3) is 11.5. The number of hydrogen-bond acceptors (Lipinski definition) is 5. The van der Waals surface area contributed by atoms with Crippen LogP contribution in [0, 0.1) is 11.8 Å². The number of ketones is 1. The summed E-state index contributed by atoms with van der Waals surface area (Å²) in [5, 5.41) is 10.9. The zero-order valence-corrected chi connectivity index (χ0v) is 23.5. The van der Waals surface area contributed by atoms with Crippen LogP contribution in [0.5, 0.6) is 0 Å². The van der Waals surface area contributed by atoms with Gasteiger partial charge in [-0.1, -0.05) is 106 Å². The quantitative estimate of drug-likeness (QED) is 0.123. The van der Waals surface area contributed by atoms with Crippen molar-refractivity contribution in [2.75, 3.05) is 0 Å². The second-order valence-electron chi connectivity index (χ2n) is 10.8. The lowest BCUT2D eigenvalue weighted by Gasteiger charge is -2.23. The van der Waals surface area contributed by atoms with Gasteiger partial charge in [0.1, 0.15) is 6.61 Å². The normalized spacial score (nSPS) is 20.9. The average Bonchev–Trinajstić information content (AvgIpc) is 3.26. The summed E-state index contributed by atoms with van der Waals surface area (Å²) in [5.41, 5.74) is 2.11. The Morgan fingerprint density at radius 1 is 0.846 bits per heavy atom. The highest BCUT2D eigenvalue weighted by Crippen LogP contribution is 2.39. The van der Waals surface area contributed by atoms with E-state index >= 15 is 0 Å². The van der Waals surface area contributed by atoms with Gasteiger partial charge < -0.3 is 14.6 Å². The predicted molar refractivity (Wildman–Crippen MR) is 155 cm³/mol. The Morgan fingerprint density at radius 3 is 2.18 bits per heavy atom. The van der Waals surface area contributed by atoms with Crippen LogP contribution in [-0.4, -0.2) is 29.1 Å². The Balaban J connectivity index is 1.44. The van der Waals surface area contributed by atoms with E-state index in [1.807, 2.05) is 66.7 Å². The van der Waals surface area contributed by atoms with Gasteiger partial charge in [0.2, 0.25) is 0 Å². The van der Waals surface area contributed by atoms with Gasteiger partial charge in [0.25, 0.3) is 0 Å². The molecule has 2 aromatic rings. The monoisotopic (exact) mass is 534 g/mol. The fourth-order valence-electron chi connectivity index (χ4n) is 5.37. The van der Waals surface area contributed by atoms with Crippen molar-refractivity contribution in [2.45, 2.75) is 103 Å². The van der Waals surface area contributed by atoms with E-state index in [2.05, 4.69) is 6.92 Å². The number of allylic oxidation sites excluding steroid dienone is 1. The lowest BCUT2D eigenvalue weighted by molar-refractivity contribution is -0.145. The molecule has 212 valence electrons. The Labute approximate surface area is 234 Å². The number of carbonyl (C=O) groups is 2. The minimum Gasteiger partial charge on any atom is -0.461 e. The second-order valence-corrected chi connectivity index (χ2v) is 10.8. The maximum Gasteiger partial charge on any atom is 0.306 e. The van der Waals surface area contributed by atoms with Gasteiger partial charge in [0.15, 0.2) is 5.78 Å². The predicted octanol–water partition coefficient (Wildman–Crippen LogP) is 7.36. The number of benzene rings is 2. The topological polar surface area (TPSA) is 72.8 Å². The van der Waals surface area contributed by atoms with Crippen LogP contribution >= 0.6 is 0 Å². The number of esters is 1. The van der Waals surface area contributed by atoms with E-state index in [1.54, 1.807) is 6.08 Å². The summed E-state index contributed by atoms with van der Waals surface area (Å²) in [6, 6.07) is 19.8. The van der Waals surface area contributed by atoms with Gasteiger partial charge in [-0.3, -0.25) is 9.59 Å². The second kappa shape index (κ2) is 17.8. The lowest BCUT2D eigenvalue weighted by Crippen LogP contribution is -2.22. The standard InChI is InChI=1S/C34H46O5/c1-2-3-8-19-29(35)22-23-31-30(32(36)24-33(31)38-25-27-15-9-6-10-16-27)20-13-4-5-14-21-34(37)39-26-28-17-11-7-12-18-28/h6-7,9-12,15-18,22-23,30-33,36H,2-5,8,13-14,19-21,24-26H2,1H3/t30-,31-,32+,33-/m1/s1. The molecular formula is C34H46O5. The highest BCUT2D eigenvalue weighted by Gasteiger charge is 2.41. The number of ether oxygens (including phenoxy) is 2. The first kappa shape index (κ1) is 30.8. The molecule has 3 rings (SSSR count). The van der Waals surface area contributed by atoms with Crippen molar-refractivity contribution >= 4 is 11.8 Å². The summed E-state index contributed by atoms with van der Waals surface area (Å²) in [4.78, 5) is 24.5. The molecule has 0 amide bonds. The molecule has 0 aliphatic heterocycles. The summed E-state index contributed by atoms with van der Waals surface area (Å²) in [5.74, 6) is 0.0925. The fourth-order valence-corrected chi connectivity index (χ4v) is 5.37. The van der Waals surface area contributed by atoms with Crippen molar-refractivity contribution in [1.29, 1.82) is 0 Å². The Hall–Kier alpha value is -2.76. The van der Waals surface area contributed by atoms with E-state index < -0.39 is 6.10 Å². The SMILES string of the molecule is CCCCCC(=O)C=C[C@@H]1[C@@H](CCCCCCC(=O)OCc2ccccc2)[C@@H](O)C[C@H]1OCc1ccccc1. The first-order chi connectivity index (χ1) is 19.1. The molecule has 1 N–H and O–H groups in total. The number of aliphatic hydroxyl groups excluding tert-OH is 1. The van der Waals surface area contributed by atoms with E-state index in [-0.39, 0.29) is 29.7 Å². The van der Waals surface area contributed by atoms with Crippen LogP contribution in [0.2, 0.25) is 0 Å². The molecule has 1 fully saturated rings. The van der Waals surface area contributed by atoms with E-state index in [4.69, 9.17) is 9.47 Å². The minimum atomic E-state index is -0.441. The number of rotatable bonds is 18. The summed E-state index contributed by atoms with van der Waals surface area (Å²) in [6.07, 6.45) is 12.5. The van der Waals surface area contributed by atoms with Crippen LogP contribution in [0.1, 0.15) is 88.7 Å². The molecule has 0 spiro atoms. The van der Waals surface area contributed by atoms with Crippen LogP contribution in [0.3, 0.4) is 0 Å². The van der Waals surface area contributed by atoms with Gasteiger partial charge in [-0.05, 0) is 42.4 Å². The highest BCUT2D eigenvalue weighted by atomic mass is 16.5. The van der Waals surface area contributed by atoms with Crippen molar-refractivity contribution in [3.8, 4) is 0 Å². The van der Waals surface area contributed by atoms with Gasteiger partial charge in [0, 0.05) is 25.2 Å².